The highest BCUT2D eigenvalue weighted by molar-refractivity contribution is 9.10. The maximum Gasteiger partial charge on any atom is 0.233 e. The molecule has 0 saturated carbocycles. The zero-order valence-corrected chi connectivity index (χ0v) is 13.9. The van der Waals surface area contributed by atoms with E-state index in [9.17, 15) is 13.5 Å². The molecule has 0 saturated heterocycles. The van der Waals surface area contributed by atoms with Gasteiger partial charge in [-0.1, -0.05) is 43.3 Å². The zero-order chi connectivity index (χ0) is 15.5. The van der Waals surface area contributed by atoms with Crippen molar-refractivity contribution in [1.29, 1.82) is 0 Å². The summed E-state index contributed by atoms with van der Waals surface area (Å²) in [6.07, 6.45) is 0. The maximum absolute atomic E-state index is 12.2. The summed E-state index contributed by atoms with van der Waals surface area (Å²) in [4.78, 5) is 0. The molecule has 0 radical (unpaired) electrons. The van der Waals surface area contributed by atoms with E-state index >= 15 is 0 Å². The van der Waals surface area contributed by atoms with Crippen LogP contribution in [0.15, 0.2) is 53.0 Å². The van der Waals surface area contributed by atoms with Crippen LogP contribution in [0.25, 0.3) is 0 Å². The van der Waals surface area contributed by atoms with Gasteiger partial charge in [-0.25, -0.2) is 8.42 Å². The van der Waals surface area contributed by atoms with Crippen LogP contribution in [0, 0.1) is 0 Å². The van der Waals surface area contributed by atoms with E-state index in [-0.39, 0.29) is 23.1 Å². The van der Waals surface area contributed by atoms with Gasteiger partial charge in [-0.3, -0.25) is 4.72 Å². The summed E-state index contributed by atoms with van der Waals surface area (Å²) in [7, 11) is -3.55. The molecule has 6 heteroatoms. The third-order valence-corrected chi connectivity index (χ3v) is 5.20. The van der Waals surface area contributed by atoms with Crippen molar-refractivity contribution in [3.05, 3.63) is 58.6 Å². The van der Waals surface area contributed by atoms with Crippen LogP contribution in [-0.4, -0.2) is 19.3 Å². The van der Waals surface area contributed by atoms with Crippen molar-refractivity contribution in [2.24, 2.45) is 0 Å². The van der Waals surface area contributed by atoms with Gasteiger partial charge in [-0.05, 0) is 39.5 Å². The van der Waals surface area contributed by atoms with Crippen LogP contribution >= 0.6 is 15.9 Å². The molecule has 0 amide bonds. The van der Waals surface area contributed by atoms with Crippen molar-refractivity contribution in [3.63, 3.8) is 0 Å². The van der Waals surface area contributed by atoms with E-state index in [1.54, 1.807) is 12.1 Å². The largest absolute Gasteiger partial charge is 0.505 e. The Labute approximate surface area is 133 Å². The molecule has 0 aliphatic heterocycles. The number of hydrogen-bond donors (Lipinski definition) is 2. The molecule has 1 atom stereocenters. The molecule has 2 N–H and O–H groups in total. The number of phenols is 1. The predicted molar refractivity (Wildman–Crippen MR) is 88.1 cm³/mol. The Morgan fingerprint density at radius 2 is 1.81 bits per heavy atom. The molecule has 1 unspecified atom stereocenters. The van der Waals surface area contributed by atoms with Gasteiger partial charge in [0.2, 0.25) is 10.0 Å². The summed E-state index contributed by atoms with van der Waals surface area (Å²) in [5.74, 6) is -0.311. The van der Waals surface area contributed by atoms with Gasteiger partial charge in [0.25, 0.3) is 0 Å². The number of rotatable bonds is 5. The number of nitrogens with one attached hydrogen (secondary N) is 1. The SMILES string of the molecule is CC(CS(=O)(=O)Nc1cccc(Br)c1O)c1ccccc1. The van der Waals surface area contributed by atoms with E-state index in [1.807, 2.05) is 37.3 Å². The molecule has 2 aromatic carbocycles. The lowest BCUT2D eigenvalue weighted by Crippen LogP contribution is -2.20. The Hall–Kier alpha value is -1.53. The fourth-order valence-corrected chi connectivity index (χ4v) is 3.81. The minimum atomic E-state index is -3.55. The fourth-order valence-electron chi connectivity index (χ4n) is 2.01. The second kappa shape index (κ2) is 6.49. The van der Waals surface area contributed by atoms with Gasteiger partial charge in [0.15, 0.2) is 5.75 Å². The van der Waals surface area contributed by atoms with E-state index < -0.39 is 10.0 Å². The van der Waals surface area contributed by atoms with E-state index in [1.165, 1.54) is 6.07 Å². The molecule has 112 valence electrons. The summed E-state index contributed by atoms with van der Waals surface area (Å²) in [5, 5.41) is 9.84. The monoisotopic (exact) mass is 369 g/mol. The summed E-state index contributed by atoms with van der Waals surface area (Å²) >= 11 is 3.16. The third kappa shape index (κ3) is 4.22. The van der Waals surface area contributed by atoms with Crippen molar-refractivity contribution in [2.75, 3.05) is 10.5 Å². The van der Waals surface area contributed by atoms with E-state index in [0.717, 1.165) is 5.56 Å². The molecule has 0 bridgehead atoms. The van der Waals surface area contributed by atoms with Crippen molar-refractivity contribution >= 4 is 31.6 Å². The molecular weight excluding hydrogens is 354 g/mol. The Bertz CT molecular complexity index is 717. The quantitative estimate of drug-likeness (QED) is 0.789. The van der Waals surface area contributed by atoms with Gasteiger partial charge in [0, 0.05) is 0 Å². The predicted octanol–water partition coefficient (Wildman–Crippen LogP) is 3.70. The number of halogens is 1. The number of phenolic OH excluding ortho intramolecular Hbond substituents is 1. The Morgan fingerprint density at radius 3 is 2.48 bits per heavy atom. The van der Waals surface area contributed by atoms with Gasteiger partial charge < -0.3 is 5.11 Å². The minimum Gasteiger partial charge on any atom is -0.505 e. The van der Waals surface area contributed by atoms with Crippen LogP contribution in [0.3, 0.4) is 0 Å². The Morgan fingerprint density at radius 1 is 1.14 bits per heavy atom. The van der Waals surface area contributed by atoms with Crippen LogP contribution < -0.4 is 4.72 Å². The van der Waals surface area contributed by atoms with Crippen molar-refractivity contribution in [3.8, 4) is 5.75 Å². The fraction of sp³-hybridized carbons (Fsp3) is 0.200. The van der Waals surface area contributed by atoms with Gasteiger partial charge in [-0.2, -0.15) is 0 Å². The minimum absolute atomic E-state index is 0.0526. The van der Waals surface area contributed by atoms with E-state index in [0.29, 0.717) is 4.47 Å². The summed E-state index contributed by atoms with van der Waals surface area (Å²) in [5.41, 5.74) is 1.13. The first-order valence-electron chi connectivity index (χ1n) is 6.42. The number of para-hydroxylation sites is 1. The normalized spacial score (nSPS) is 12.9. The first-order chi connectivity index (χ1) is 9.89. The molecule has 0 spiro atoms. The molecule has 21 heavy (non-hydrogen) atoms. The average molecular weight is 370 g/mol. The van der Waals surface area contributed by atoms with Crippen LogP contribution in [0.4, 0.5) is 5.69 Å². The Kier molecular flexibility index (Phi) is 4.90. The van der Waals surface area contributed by atoms with Crippen LogP contribution in [-0.2, 0) is 10.0 Å². The molecule has 0 heterocycles. The molecule has 2 aromatic rings. The molecule has 4 nitrogen and oxygen atoms in total. The number of benzene rings is 2. The van der Waals surface area contributed by atoms with E-state index in [2.05, 4.69) is 20.7 Å². The first-order valence-corrected chi connectivity index (χ1v) is 8.86. The second-order valence-electron chi connectivity index (χ2n) is 4.83. The lowest BCUT2D eigenvalue weighted by atomic mass is 10.0. The number of hydrogen-bond acceptors (Lipinski definition) is 3. The molecule has 2 rings (SSSR count). The van der Waals surface area contributed by atoms with Crippen LogP contribution in [0.1, 0.15) is 18.4 Å². The zero-order valence-electron chi connectivity index (χ0n) is 11.5. The Balaban J connectivity index is 2.14. The lowest BCUT2D eigenvalue weighted by molar-refractivity contribution is 0.474. The summed E-state index contributed by atoms with van der Waals surface area (Å²) in [6.45, 7) is 1.86. The van der Waals surface area contributed by atoms with Crippen LogP contribution in [0.5, 0.6) is 5.75 Å². The molecule has 0 aliphatic carbocycles. The first kappa shape index (κ1) is 15.9. The van der Waals surface area contributed by atoms with Gasteiger partial charge in [0.1, 0.15) is 0 Å². The molecule has 0 fully saturated rings. The highest BCUT2D eigenvalue weighted by Gasteiger charge is 2.18. The standard InChI is InChI=1S/C15H16BrNO3S/c1-11(12-6-3-2-4-7-12)10-21(19,20)17-14-9-5-8-13(16)15(14)18/h2-9,11,17-18H,10H2,1H3. The summed E-state index contributed by atoms with van der Waals surface area (Å²) in [6, 6.07) is 14.3. The van der Waals surface area contributed by atoms with Crippen LogP contribution in [0.2, 0.25) is 0 Å². The molecule has 0 aliphatic rings. The van der Waals surface area contributed by atoms with Gasteiger partial charge in [-0.15, -0.1) is 0 Å². The average Bonchev–Trinajstić information content (AvgIpc) is 2.44. The van der Waals surface area contributed by atoms with Crippen molar-refractivity contribution in [1.82, 2.24) is 0 Å². The summed E-state index contributed by atoms with van der Waals surface area (Å²) < 4.78 is 27.3. The smallest absolute Gasteiger partial charge is 0.233 e. The second-order valence-corrected chi connectivity index (χ2v) is 7.45. The molecule has 0 aromatic heterocycles. The van der Waals surface area contributed by atoms with Gasteiger partial charge >= 0.3 is 0 Å². The highest BCUT2D eigenvalue weighted by atomic mass is 79.9. The number of aromatic hydroxyl groups is 1. The topological polar surface area (TPSA) is 66.4 Å². The number of sulfonamides is 1. The van der Waals surface area contributed by atoms with Crippen molar-refractivity contribution < 1.29 is 13.5 Å². The lowest BCUT2D eigenvalue weighted by Gasteiger charge is -2.14. The maximum atomic E-state index is 12.2. The third-order valence-electron chi connectivity index (χ3n) is 3.09. The number of anilines is 1. The highest BCUT2D eigenvalue weighted by Crippen LogP contribution is 2.32. The molecular formula is C15H16BrNO3S. The van der Waals surface area contributed by atoms with Crippen molar-refractivity contribution in [2.45, 2.75) is 12.8 Å². The van der Waals surface area contributed by atoms with E-state index in [4.69, 9.17) is 0 Å². The van der Waals surface area contributed by atoms with Gasteiger partial charge in [0.05, 0.1) is 15.9 Å².